The summed E-state index contributed by atoms with van der Waals surface area (Å²) in [6.45, 7) is 1.34. The predicted molar refractivity (Wildman–Crippen MR) is 47.5 cm³/mol. The molecule has 1 heterocycles. The Morgan fingerprint density at radius 1 is 1.83 bits per heavy atom. The molecular formula is C9H14N2O. The Labute approximate surface area is 73.1 Å². The molecule has 1 N–H and O–H groups in total. The number of hydrogen-bond donors (Lipinski definition) is 1. The van der Waals surface area contributed by atoms with Crippen LogP contribution in [-0.2, 0) is 4.79 Å². The molecule has 1 saturated heterocycles. The van der Waals surface area contributed by atoms with E-state index in [1.54, 1.807) is 4.90 Å². The van der Waals surface area contributed by atoms with Gasteiger partial charge in [0, 0.05) is 13.6 Å². The van der Waals surface area contributed by atoms with E-state index in [1.165, 1.54) is 0 Å². The van der Waals surface area contributed by atoms with Crippen LogP contribution in [-0.4, -0.2) is 37.0 Å². The number of likely N-dealkylation sites (tertiary alicyclic amines) is 1. The minimum Gasteiger partial charge on any atom is -0.344 e. The van der Waals surface area contributed by atoms with Gasteiger partial charge >= 0.3 is 0 Å². The number of likely N-dealkylation sites (N-methyl/N-ethyl adjacent to an activating group) is 1. The molecule has 0 radical (unpaired) electrons. The average Bonchev–Trinajstić information content (AvgIpc) is 2.08. The maximum Gasteiger partial charge on any atom is 0.239 e. The van der Waals surface area contributed by atoms with Gasteiger partial charge in [-0.3, -0.25) is 10.1 Å². The van der Waals surface area contributed by atoms with Crippen molar-refractivity contribution in [3.63, 3.8) is 0 Å². The van der Waals surface area contributed by atoms with Gasteiger partial charge in [-0.15, -0.1) is 6.42 Å². The lowest BCUT2D eigenvalue weighted by Crippen LogP contribution is -2.49. The molecule has 12 heavy (non-hydrogen) atoms. The van der Waals surface area contributed by atoms with E-state index in [0.29, 0.717) is 6.54 Å². The SMILES string of the molecule is C#CCNC1CCCN(C)C1=O. The molecule has 1 amide bonds. The summed E-state index contributed by atoms with van der Waals surface area (Å²) in [4.78, 5) is 13.2. The minimum atomic E-state index is -0.0557. The van der Waals surface area contributed by atoms with E-state index < -0.39 is 0 Å². The van der Waals surface area contributed by atoms with Crippen molar-refractivity contribution in [3.8, 4) is 12.3 Å². The fraction of sp³-hybridized carbons (Fsp3) is 0.667. The Kier molecular flexibility index (Phi) is 3.12. The van der Waals surface area contributed by atoms with E-state index in [9.17, 15) is 4.79 Å². The third-order valence-corrected chi connectivity index (χ3v) is 2.11. The van der Waals surface area contributed by atoms with Crippen LogP contribution in [0.25, 0.3) is 0 Å². The molecule has 0 saturated carbocycles. The van der Waals surface area contributed by atoms with Crippen LogP contribution in [0.2, 0.25) is 0 Å². The van der Waals surface area contributed by atoms with Gasteiger partial charge in [0.2, 0.25) is 5.91 Å². The van der Waals surface area contributed by atoms with Gasteiger partial charge in [-0.05, 0) is 12.8 Å². The van der Waals surface area contributed by atoms with Crippen LogP contribution >= 0.6 is 0 Å². The van der Waals surface area contributed by atoms with Crippen molar-refractivity contribution in [2.45, 2.75) is 18.9 Å². The number of carbonyl (C=O) groups excluding carboxylic acids is 1. The number of rotatable bonds is 2. The third kappa shape index (κ3) is 1.99. The van der Waals surface area contributed by atoms with Crippen LogP contribution in [0.3, 0.4) is 0 Å². The fourth-order valence-corrected chi connectivity index (χ4v) is 1.40. The highest BCUT2D eigenvalue weighted by atomic mass is 16.2. The van der Waals surface area contributed by atoms with Gasteiger partial charge in [0.25, 0.3) is 0 Å². The smallest absolute Gasteiger partial charge is 0.239 e. The highest BCUT2D eigenvalue weighted by Crippen LogP contribution is 2.08. The van der Waals surface area contributed by atoms with E-state index in [2.05, 4.69) is 11.2 Å². The van der Waals surface area contributed by atoms with Crippen LogP contribution in [0.15, 0.2) is 0 Å². The molecule has 66 valence electrons. The van der Waals surface area contributed by atoms with E-state index in [4.69, 9.17) is 6.42 Å². The Morgan fingerprint density at radius 2 is 2.58 bits per heavy atom. The quantitative estimate of drug-likeness (QED) is 0.578. The second-order valence-corrected chi connectivity index (χ2v) is 3.04. The molecule has 3 heteroatoms. The Morgan fingerprint density at radius 3 is 3.25 bits per heavy atom. The largest absolute Gasteiger partial charge is 0.344 e. The summed E-state index contributed by atoms with van der Waals surface area (Å²) >= 11 is 0. The first-order valence-corrected chi connectivity index (χ1v) is 4.17. The normalized spacial score (nSPS) is 23.8. The maximum atomic E-state index is 11.4. The van der Waals surface area contributed by atoms with E-state index in [1.807, 2.05) is 7.05 Å². The highest BCUT2D eigenvalue weighted by Gasteiger charge is 2.24. The number of carbonyl (C=O) groups is 1. The standard InChI is InChI=1S/C9H14N2O/c1-3-6-10-8-5-4-7-11(2)9(8)12/h1,8,10H,4-7H2,2H3. The second kappa shape index (κ2) is 4.13. The summed E-state index contributed by atoms with van der Waals surface area (Å²) < 4.78 is 0. The molecule has 3 nitrogen and oxygen atoms in total. The van der Waals surface area contributed by atoms with Gasteiger partial charge in [0.1, 0.15) is 0 Å². The van der Waals surface area contributed by atoms with Crippen LogP contribution < -0.4 is 5.32 Å². The highest BCUT2D eigenvalue weighted by molar-refractivity contribution is 5.82. The summed E-state index contributed by atoms with van der Waals surface area (Å²) in [5, 5.41) is 3.02. The predicted octanol–water partition coefficient (Wildman–Crippen LogP) is -0.170. The molecule has 1 aliphatic heterocycles. The molecule has 0 spiro atoms. The molecular weight excluding hydrogens is 152 g/mol. The summed E-state index contributed by atoms with van der Waals surface area (Å²) in [6.07, 6.45) is 7.06. The monoisotopic (exact) mass is 166 g/mol. The first-order valence-electron chi connectivity index (χ1n) is 4.17. The average molecular weight is 166 g/mol. The van der Waals surface area contributed by atoms with E-state index in [0.717, 1.165) is 19.4 Å². The summed E-state index contributed by atoms with van der Waals surface area (Å²) in [7, 11) is 1.83. The first kappa shape index (κ1) is 9.08. The molecule has 0 aromatic rings. The third-order valence-electron chi connectivity index (χ3n) is 2.11. The lowest BCUT2D eigenvalue weighted by Gasteiger charge is -2.29. The zero-order valence-corrected chi connectivity index (χ0v) is 7.34. The summed E-state index contributed by atoms with van der Waals surface area (Å²) in [6, 6.07) is -0.0557. The number of piperidine rings is 1. The van der Waals surface area contributed by atoms with Crippen molar-refractivity contribution < 1.29 is 4.79 Å². The second-order valence-electron chi connectivity index (χ2n) is 3.04. The van der Waals surface area contributed by atoms with Crippen molar-refractivity contribution in [2.24, 2.45) is 0 Å². The van der Waals surface area contributed by atoms with Crippen molar-refractivity contribution >= 4 is 5.91 Å². The Bertz CT molecular complexity index is 207. The van der Waals surface area contributed by atoms with Crippen molar-refractivity contribution in [1.29, 1.82) is 0 Å². The van der Waals surface area contributed by atoms with Gasteiger partial charge in [-0.25, -0.2) is 0 Å². The van der Waals surface area contributed by atoms with E-state index >= 15 is 0 Å². The van der Waals surface area contributed by atoms with E-state index in [-0.39, 0.29) is 11.9 Å². The minimum absolute atomic E-state index is 0.0557. The number of nitrogens with zero attached hydrogens (tertiary/aromatic N) is 1. The van der Waals surface area contributed by atoms with Gasteiger partial charge in [-0.1, -0.05) is 5.92 Å². The van der Waals surface area contributed by atoms with Gasteiger partial charge in [-0.2, -0.15) is 0 Å². The maximum absolute atomic E-state index is 11.4. The van der Waals surface area contributed by atoms with Crippen molar-refractivity contribution in [3.05, 3.63) is 0 Å². The fourth-order valence-electron chi connectivity index (χ4n) is 1.40. The first-order chi connectivity index (χ1) is 5.75. The molecule has 1 unspecified atom stereocenters. The van der Waals surface area contributed by atoms with Gasteiger partial charge in [0.15, 0.2) is 0 Å². The van der Waals surface area contributed by atoms with Gasteiger partial charge in [0.05, 0.1) is 12.6 Å². The molecule has 1 rings (SSSR count). The number of amides is 1. The lowest BCUT2D eigenvalue weighted by atomic mass is 10.1. The molecule has 0 bridgehead atoms. The number of terminal acetylenes is 1. The topological polar surface area (TPSA) is 32.3 Å². The molecule has 0 aromatic heterocycles. The Balaban J connectivity index is 2.42. The Hall–Kier alpha value is -1.01. The molecule has 1 aliphatic rings. The van der Waals surface area contributed by atoms with Gasteiger partial charge < -0.3 is 4.90 Å². The molecule has 1 atom stereocenters. The van der Waals surface area contributed by atoms with Crippen LogP contribution in [0, 0.1) is 12.3 Å². The molecule has 1 fully saturated rings. The van der Waals surface area contributed by atoms with Crippen molar-refractivity contribution in [2.75, 3.05) is 20.1 Å². The summed E-state index contributed by atoms with van der Waals surface area (Å²) in [5.74, 6) is 2.63. The zero-order chi connectivity index (χ0) is 8.97. The number of hydrogen-bond acceptors (Lipinski definition) is 2. The van der Waals surface area contributed by atoms with Crippen LogP contribution in [0.5, 0.6) is 0 Å². The molecule has 0 aliphatic carbocycles. The lowest BCUT2D eigenvalue weighted by molar-refractivity contribution is -0.134. The van der Waals surface area contributed by atoms with Crippen molar-refractivity contribution in [1.82, 2.24) is 10.2 Å². The molecule has 0 aromatic carbocycles. The zero-order valence-electron chi connectivity index (χ0n) is 7.34. The van der Waals surface area contributed by atoms with Crippen LogP contribution in [0.4, 0.5) is 0 Å². The van der Waals surface area contributed by atoms with Crippen LogP contribution in [0.1, 0.15) is 12.8 Å². The summed E-state index contributed by atoms with van der Waals surface area (Å²) in [5.41, 5.74) is 0. The number of nitrogens with one attached hydrogen (secondary N) is 1.